The zero-order chi connectivity index (χ0) is 13.6. The summed E-state index contributed by atoms with van der Waals surface area (Å²) in [6.07, 6.45) is 8.43. The second kappa shape index (κ2) is 4.76. The number of aliphatic hydroxyl groups excluding tert-OH is 1. The van der Waals surface area contributed by atoms with Crippen LogP contribution < -0.4 is 0 Å². The first-order valence-corrected chi connectivity index (χ1v) is 7.88. The van der Waals surface area contributed by atoms with E-state index in [1.54, 1.807) is 11.8 Å². The van der Waals surface area contributed by atoms with E-state index in [0.29, 0.717) is 12.0 Å². The van der Waals surface area contributed by atoms with Gasteiger partial charge in [-0.25, -0.2) is 0 Å². The molecule has 4 bridgehead atoms. The van der Waals surface area contributed by atoms with Crippen molar-refractivity contribution in [2.45, 2.75) is 58.0 Å². The number of carbonyl (C=O) groups excluding carboxylic acids is 1. The van der Waals surface area contributed by atoms with Crippen LogP contribution in [0.5, 0.6) is 0 Å². The van der Waals surface area contributed by atoms with Crippen molar-refractivity contribution in [1.82, 2.24) is 4.90 Å². The topological polar surface area (TPSA) is 40.5 Å². The van der Waals surface area contributed by atoms with E-state index in [0.717, 1.165) is 24.2 Å². The SMILES string of the molecule is CC(O)CN(C)C(=O)CC12CC3CC(CC(C3)C1)C2. The van der Waals surface area contributed by atoms with Gasteiger partial charge < -0.3 is 10.0 Å². The van der Waals surface area contributed by atoms with E-state index >= 15 is 0 Å². The first-order valence-electron chi connectivity index (χ1n) is 7.88. The van der Waals surface area contributed by atoms with E-state index < -0.39 is 6.10 Å². The largest absolute Gasteiger partial charge is 0.392 e. The van der Waals surface area contributed by atoms with Gasteiger partial charge in [-0.3, -0.25) is 4.79 Å². The van der Waals surface area contributed by atoms with Gasteiger partial charge in [0.15, 0.2) is 0 Å². The van der Waals surface area contributed by atoms with Crippen molar-refractivity contribution in [1.29, 1.82) is 0 Å². The Morgan fingerprint density at radius 1 is 1.21 bits per heavy atom. The van der Waals surface area contributed by atoms with Gasteiger partial charge in [-0.05, 0) is 68.6 Å². The van der Waals surface area contributed by atoms with Gasteiger partial charge >= 0.3 is 0 Å². The fourth-order valence-electron chi connectivity index (χ4n) is 5.46. The Kier molecular flexibility index (Phi) is 3.36. The molecule has 4 fully saturated rings. The summed E-state index contributed by atoms with van der Waals surface area (Å²) in [5, 5.41) is 9.41. The smallest absolute Gasteiger partial charge is 0.222 e. The van der Waals surface area contributed by atoms with Crippen LogP contribution in [0.1, 0.15) is 51.9 Å². The van der Waals surface area contributed by atoms with Crippen LogP contribution in [0.15, 0.2) is 0 Å². The lowest BCUT2D eigenvalue weighted by molar-refractivity contribution is -0.139. The van der Waals surface area contributed by atoms with Crippen LogP contribution in [0.2, 0.25) is 0 Å². The molecule has 4 rings (SSSR count). The molecule has 1 N–H and O–H groups in total. The zero-order valence-corrected chi connectivity index (χ0v) is 12.3. The predicted octanol–water partition coefficient (Wildman–Crippen LogP) is 2.43. The van der Waals surface area contributed by atoms with E-state index in [2.05, 4.69) is 0 Å². The van der Waals surface area contributed by atoms with Crippen molar-refractivity contribution in [3.8, 4) is 0 Å². The molecule has 0 aromatic heterocycles. The van der Waals surface area contributed by atoms with Crippen molar-refractivity contribution < 1.29 is 9.90 Å². The molecule has 3 nitrogen and oxygen atoms in total. The fourth-order valence-corrected chi connectivity index (χ4v) is 5.46. The van der Waals surface area contributed by atoms with Crippen molar-refractivity contribution >= 4 is 5.91 Å². The minimum Gasteiger partial charge on any atom is -0.392 e. The number of rotatable bonds is 4. The summed E-state index contributed by atoms with van der Waals surface area (Å²) in [5.41, 5.74) is 0.318. The van der Waals surface area contributed by atoms with Crippen LogP contribution in [0.25, 0.3) is 0 Å². The second-order valence-electron chi connectivity index (χ2n) is 7.72. The number of amides is 1. The predicted molar refractivity (Wildman–Crippen MR) is 74.5 cm³/mol. The Labute approximate surface area is 116 Å². The van der Waals surface area contributed by atoms with Crippen molar-refractivity contribution in [3.63, 3.8) is 0 Å². The molecule has 4 aliphatic carbocycles. The van der Waals surface area contributed by atoms with Gasteiger partial charge in [0.2, 0.25) is 5.91 Å². The summed E-state index contributed by atoms with van der Waals surface area (Å²) in [6, 6.07) is 0. The van der Waals surface area contributed by atoms with Crippen LogP contribution in [0, 0.1) is 23.2 Å². The Balaban J connectivity index is 1.64. The lowest BCUT2D eigenvalue weighted by atomic mass is 9.49. The standard InChI is InChI=1S/C16H27NO2/c1-11(18)10-17(2)15(19)9-16-6-12-3-13(7-16)5-14(4-12)8-16/h11-14,18H,3-10H2,1-2H3. The minimum absolute atomic E-state index is 0.239. The normalized spacial score (nSPS) is 41.3. The monoisotopic (exact) mass is 265 g/mol. The molecule has 0 heterocycles. The Morgan fingerprint density at radius 3 is 2.11 bits per heavy atom. The Morgan fingerprint density at radius 2 is 1.68 bits per heavy atom. The number of carbonyl (C=O) groups is 1. The average Bonchev–Trinajstić information content (AvgIpc) is 2.24. The van der Waals surface area contributed by atoms with Crippen molar-refractivity contribution in [2.24, 2.45) is 23.2 Å². The molecule has 3 heteroatoms. The molecule has 0 aliphatic heterocycles. The number of aliphatic hydroxyl groups is 1. The van der Waals surface area contributed by atoms with Crippen LogP contribution >= 0.6 is 0 Å². The van der Waals surface area contributed by atoms with E-state index in [1.807, 2.05) is 7.05 Å². The highest BCUT2D eigenvalue weighted by atomic mass is 16.3. The third-order valence-corrected chi connectivity index (χ3v) is 5.66. The molecular weight excluding hydrogens is 238 g/mol. The van der Waals surface area contributed by atoms with E-state index in [1.165, 1.54) is 38.5 Å². The van der Waals surface area contributed by atoms with Gasteiger partial charge in [-0.1, -0.05) is 0 Å². The molecule has 19 heavy (non-hydrogen) atoms. The second-order valence-corrected chi connectivity index (χ2v) is 7.72. The molecule has 1 unspecified atom stereocenters. The van der Waals surface area contributed by atoms with Crippen LogP contribution in [-0.2, 0) is 4.79 Å². The highest BCUT2D eigenvalue weighted by molar-refractivity contribution is 5.76. The molecule has 4 saturated carbocycles. The van der Waals surface area contributed by atoms with Crippen LogP contribution in [0.4, 0.5) is 0 Å². The van der Waals surface area contributed by atoms with E-state index in [4.69, 9.17) is 0 Å². The van der Waals surface area contributed by atoms with Crippen molar-refractivity contribution in [2.75, 3.05) is 13.6 Å². The number of nitrogens with zero attached hydrogens (tertiary/aromatic N) is 1. The number of hydrogen-bond donors (Lipinski definition) is 1. The minimum atomic E-state index is -0.426. The molecule has 0 aromatic carbocycles. The maximum absolute atomic E-state index is 12.4. The van der Waals surface area contributed by atoms with Crippen molar-refractivity contribution in [3.05, 3.63) is 0 Å². The van der Waals surface area contributed by atoms with Crippen LogP contribution in [-0.4, -0.2) is 35.6 Å². The molecule has 4 aliphatic rings. The summed E-state index contributed by atoms with van der Waals surface area (Å²) >= 11 is 0. The lowest BCUT2D eigenvalue weighted by Crippen LogP contribution is -2.48. The van der Waals surface area contributed by atoms with Gasteiger partial charge in [-0.15, -0.1) is 0 Å². The zero-order valence-electron chi connectivity index (χ0n) is 12.3. The molecule has 0 aromatic rings. The third-order valence-electron chi connectivity index (χ3n) is 5.66. The maximum Gasteiger partial charge on any atom is 0.222 e. The molecule has 0 saturated heterocycles. The van der Waals surface area contributed by atoms with Gasteiger partial charge in [0.1, 0.15) is 0 Å². The molecule has 0 spiro atoms. The first kappa shape index (κ1) is 13.4. The van der Waals surface area contributed by atoms with E-state index in [9.17, 15) is 9.90 Å². The van der Waals surface area contributed by atoms with Gasteiger partial charge in [0.05, 0.1) is 6.10 Å². The first-order chi connectivity index (χ1) is 8.96. The maximum atomic E-state index is 12.4. The average molecular weight is 265 g/mol. The molecule has 1 amide bonds. The summed E-state index contributed by atoms with van der Waals surface area (Å²) in [5.74, 6) is 2.95. The van der Waals surface area contributed by atoms with Gasteiger partial charge in [0, 0.05) is 20.0 Å². The van der Waals surface area contributed by atoms with Crippen LogP contribution in [0.3, 0.4) is 0 Å². The van der Waals surface area contributed by atoms with E-state index in [-0.39, 0.29) is 5.91 Å². The number of likely N-dealkylation sites (N-methyl/N-ethyl adjacent to an activating group) is 1. The molecule has 108 valence electrons. The summed E-state index contributed by atoms with van der Waals surface area (Å²) in [7, 11) is 1.83. The van der Waals surface area contributed by atoms with Gasteiger partial charge in [0.25, 0.3) is 0 Å². The summed E-state index contributed by atoms with van der Waals surface area (Å²) < 4.78 is 0. The highest BCUT2D eigenvalue weighted by Crippen LogP contribution is 2.61. The fraction of sp³-hybridized carbons (Fsp3) is 0.938. The lowest BCUT2D eigenvalue weighted by Gasteiger charge is -2.56. The quantitative estimate of drug-likeness (QED) is 0.848. The Hall–Kier alpha value is -0.570. The summed E-state index contributed by atoms with van der Waals surface area (Å²) in [6.45, 7) is 2.21. The van der Waals surface area contributed by atoms with Gasteiger partial charge in [-0.2, -0.15) is 0 Å². The molecule has 1 atom stereocenters. The molecular formula is C16H27NO2. The third kappa shape index (κ3) is 2.67. The Bertz CT molecular complexity index is 328. The number of hydrogen-bond acceptors (Lipinski definition) is 2. The summed E-state index contributed by atoms with van der Waals surface area (Å²) in [4.78, 5) is 14.1. The molecule has 0 radical (unpaired) electrons. The highest BCUT2D eigenvalue weighted by Gasteiger charge is 2.51.